The number of hydrogen-bond acceptors (Lipinski definition) is 3. The first-order valence-electron chi connectivity index (χ1n) is 5.92. The zero-order valence-corrected chi connectivity index (χ0v) is 11.5. The molecule has 0 atom stereocenters. The van der Waals surface area contributed by atoms with Crippen molar-refractivity contribution in [1.29, 1.82) is 0 Å². The molecule has 0 amide bonds. The van der Waals surface area contributed by atoms with Crippen molar-refractivity contribution in [1.82, 2.24) is 0 Å². The molecule has 0 radical (unpaired) electrons. The highest BCUT2D eigenvalue weighted by molar-refractivity contribution is 7.88. The van der Waals surface area contributed by atoms with Crippen LogP contribution in [0.2, 0.25) is 0 Å². The summed E-state index contributed by atoms with van der Waals surface area (Å²) < 4.78 is 63.5. The molecular formula is C14H11F3O3S. The van der Waals surface area contributed by atoms with Gasteiger partial charge >= 0.3 is 15.6 Å². The zero-order valence-electron chi connectivity index (χ0n) is 10.7. The van der Waals surface area contributed by atoms with Crippen molar-refractivity contribution in [3.8, 4) is 5.75 Å². The third-order valence-corrected chi connectivity index (χ3v) is 3.66. The van der Waals surface area contributed by atoms with E-state index >= 15 is 0 Å². The van der Waals surface area contributed by atoms with Crippen molar-refractivity contribution < 1.29 is 25.8 Å². The SMILES string of the molecule is O=S(=O)(Oc1ccccc1Cc1ccccc1)C(F)(F)F. The Bertz CT molecular complexity index is 710. The van der Waals surface area contributed by atoms with Crippen LogP contribution in [-0.4, -0.2) is 13.9 Å². The Balaban J connectivity index is 2.30. The van der Waals surface area contributed by atoms with E-state index in [-0.39, 0.29) is 12.2 Å². The molecule has 0 saturated carbocycles. The van der Waals surface area contributed by atoms with Gasteiger partial charge in [0.2, 0.25) is 0 Å². The molecule has 3 nitrogen and oxygen atoms in total. The Labute approximate surface area is 120 Å². The number of rotatable bonds is 4. The molecule has 0 spiro atoms. The number of alkyl halides is 3. The standard InChI is InChI=1S/C14H11F3O3S/c15-14(16,17)21(18,19)20-13-9-5-4-8-12(13)10-11-6-2-1-3-7-11/h1-9H,10H2. The molecule has 2 aromatic rings. The van der Waals surface area contributed by atoms with Gasteiger partial charge in [0, 0.05) is 12.0 Å². The normalized spacial score (nSPS) is 12.1. The Hall–Kier alpha value is -2.02. The van der Waals surface area contributed by atoms with E-state index in [1.54, 1.807) is 36.4 Å². The van der Waals surface area contributed by atoms with E-state index < -0.39 is 15.6 Å². The minimum Gasteiger partial charge on any atom is -0.376 e. The molecule has 0 aromatic heterocycles. The van der Waals surface area contributed by atoms with Gasteiger partial charge in [0.1, 0.15) is 5.75 Å². The highest BCUT2D eigenvalue weighted by atomic mass is 32.2. The highest BCUT2D eigenvalue weighted by Crippen LogP contribution is 2.29. The Morgan fingerprint density at radius 2 is 1.48 bits per heavy atom. The largest absolute Gasteiger partial charge is 0.534 e. The van der Waals surface area contributed by atoms with Crippen molar-refractivity contribution in [3.63, 3.8) is 0 Å². The van der Waals surface area contributed by atoms with E-state index in [0.717, 1.165) is 5.56 Å². The molecule has 0 bridgehead atoms. The van der Waals surface area contributed by atoms with Crippen LogP contribution in [-0.2, 0) is 16.5 Å². The lowest BCUT2D eigenvalue weighted by atomic mass is 10.0. The number of hydrogen-bond donors (Lipinski definition) is 0. The maximum atomic E-state index is 12.4. The van der Waals surface area contributed by atoms with Crippen molar-refractivity contribution in [2.75, 3.05) is 0 Å². The summed E-state index contributed by atoms with van der Waals surface area (Å²) >= 11 is 0. The van der Waals surface area contributed by atoms with Gasteiger partial charge in [-0.3, -0.25) is 0 Å². The van der Waals surface area contributed by atoms with Gasteiger partial charge in [0.15, 0.2) is 0 Å². The summed E-state index contributed by atoms with van der Waals surface area (Å²) in [4.78, 5) is 0. The molecule has 21 heavy (non-hydrogen) atoms. The second-order valence-electron chi connectivity index (χ2n) is 4.25. The lowest BCUT2D eigenvalue weighted by molar-refractivity contribution is -0.0500. The Kier molecular flexibility index (Phi) is 4.22. The maximum Gasteiger partial charge on any atom is 0.534 e. The van der Waals surface area contributed by atoms with Gasteiger partial charge in [0.25, 0.3) is 0 Å². The number of halogens is 3. The van der Waals surface area contributed by atoms with E-state index in [1.807, 2.05) is 0 Å². The monoisotopic (exact) mass is 316 g/mol. The lowest BCUT2D eigenvalue weighted by Crippen LogP contribution is -2.28. The maximum absolute atomic E-state index is 12.4. The molecule has 0 unspecified atom stereocenters. The Morgan fingerprint density at radius 1 is 0.905 bits per heavy atom. The van der Waals surface area contributed by atoms with Gasteiger partial charge in [-0.2, -0.15) is 21.6 Å². The molecule has 0 saturated heterocycles. The van der Waals surface area contributed by atoms with Gasteiger partial charge < -0.3 is 4.18 Å². The summed E-state index contributed by atoms with van der Waals surface area (Å²) in [5.41, 5.74) is -4.26. The fourth-order valence-electron chi connectivity index (χ4n) is 1.71. The molecule has 0 fully saturated rings. The minimum atomic E-state index is -5.67. The Morgan fingerprint density at radius 3 is 2.10 bits per heavy atom. The van der Waals surface area contributed by atoms with Crippen LogP contribution in [0.4, 0.5) is 13.2 Å². The van der Waals surface area contributed by atoms with Crippen LogP contribution in [0, 0.1) is 0 Å². The summed E-state index contributed by atoms with van der Waals surface area (Å²) in [6, 6.07) is 14.7. The van der Waals surface area contributed by atoms with Crippen LogP contribution in [0.25, 0.3) is 0 Å². The predicted molar refractivity (Wildman–Crippen MR) is 71.3 cm³/mol. The van der Waals surface area contributed by atoms with Crippen LogP contribution in [0.1, 0.15) is 11.1 Å². The summed E-state index contributed by atoms with van der Waals surface area (Å²) in [5.74, 6) is -0.321. The average molecular weight is 316 g/mol. The molecule has 112 valence electrons. The third-order valence-electron chi connectivity index (χ3n) is 2.69. The molecule has 2 aromatic carbocycles. The number of benzene rings is 2. The first-order valence-corrected chi connectivity index (χ1v) is 7.33. The van der Waals surface area contributed by atoms with Crippen LogP contribution < -0.4 is 4.18 Å². The summed E-state index contributed by atoms with van der Waals surface area (Å²) in [5, 5.41) is 0. The molecule has 0 N–H and O–H groups in total. The van der Waals surface area contributed by atoms with Crippen LogP contribution in [0.5, 0.6) is 5.75 Å². The number of para-hydroxylation sites is 1. The first kappa shape index (κ1) is 15.4. The quantitative estimate of drug-likeness (QED) is 0.640. The highest BCUT2D eigenvalue weighted by Gasteiger charge is 2.48. The second kappa shape index (κ2) is 5.77. The van der Waals surface area contributed by atoms with Crippen molar-refractivity contribution in [3.05, 3.63) is 65.7 Å². The van der Waals surface area contributed by atoms with Crippen molar-refractivity contribution >= 4 is 10.1 Å². The minimum absolute atomic E-state index is 0.268. The van der Waals surface area contributed by atoms with E-state index in [1.165, 1.54) is 18.2 Å². The third kappa shape index (κ3) is 3.75. The van der Waals surface area contributed by atoms with Crippen molar-refractivity contribution in [2.45, 2.75) is 11.9 Å². The van der Waals surface area contributed by atoms with Gasteiger partial charge in [-0.1, -0.05) is 48.5 Å². The first-order chi connectivity index (χ1) is 9.79. The van der Waals surface area contributed by atoms with E-state index in [4.69, 9.17) is 0 Å². The summed E-state index contributed by atoms with van der Waals surface area (Å²) in [6.07, 6.45) is 0.268. The van der Waals surface area contributed by atoms with Gasteiger partial charge in [-0.25, -0.2) is 0 Å². The molecule has 2 rings (SSSR count). The molecule has 0 aliphatic heterocycles. The van der Waals surface area contributed by atoms with Crippen LogP contribution in [0.3, 0.4) is 0 Å². The molecule has 0 aliphatic rings. The second-order valence-corrected chi connectivity index (χ2v) is 5.79. The van der Waals surface area contributed by atoms with Crippen LogP contribution >= 0.6 is 0 Å². The molecule has 0 aliphatic carbocycles. The predicted octanol–water partition coefficient (Wildman–Crippen LogP) is 3.51. The fourth-order valence-corrected chi connectivity index (χ4v) is 2.21. The van der Waals surface area contributed by atoms with Crippen LogP contribution in [0.15, 0.2) is 54.6 Å². The fraction of sp³-hybridized carbons (Fsp3) is 0.143. The average Bonchev–Trinajstić information content (AvgIpc) is 2.40. The van der Waals surface area contributed by atoms with E-state index in [0.29, 0.717) is 5.56 Å². The summed E-state index contributed by atoms with van der Waals surface area (Å²) in [7, 11) is -5.67. The smallest absolute Gasteiger partial charge is 0.376 e. The zero-order chi connectivity index (χ0) is 15.5. The van der Waals surface area contributed by atoms with Crippen molar-refractivity contribution in [2.24, 2.45) is 0 Å². The summed E-state index contributed by atoms with van der Waals surface area (Å²) in [6.45, 7) is 0. The van der Waals surface area contributed by atoms with Gasteiger partial charge in [0.05, 0.1) is 0 Å². The van der Waals surface area contributed by atoms with Gasteiger partial charge in [-0.05, 0) is 11.6 Å². The van der Waals surface area contributed by atoms with E-state index in [9.17, 15) is 21.6 Å². The topological polar surface area (TPSA) is 43.4 Å². The lowest BCUT2D eigenvalue weighted by Gasteiger charge is -2.12. The van der Waals surface area contributed by atoms with E-state index in [2.05, 4.69) is 4.18 Å². The molecule has 0 heterocycles. The molecule has 7 heteroatoms. The van der Waals surface area contributed by atoms with Gasteiger partial charge in [-0.15, -0.1) is 0 Å². The molecular weight excluding hydrogens is 305 g/mol.